The van der Waals surface area contributed by atoms with Crippen LogP contribution in [0.3, 0.4) is 0 Å². The quantitative estimate of drug-likeness (QED) is 0.0433. The van der Waals surface area contributed by atoms with E-state index in [1.54, 1.807) is 148 Å². The predicted octanol–water partition coefficient (Wildman–Crippen LogP) is 4.78. The lowest BCUT2D eigenvalue weighted by Crippen LogP contribution is -2.43. The molecule has 11 aromatic rings. The normalized spacial score (nSPS) is 15.8. The monoisotopic (exact) mass is 1400 g/mol. The molecule has 1 aromatic carbocycles. The molecule has 0 spiro atoms. The zero-order valence-corrected chi connectivity index (χ0v) is 58.3. The first-order chi connectivity index (χ1) is 48.6. The summed E-state index contributed by atoms with van der Waals surface area (Å²) in [5.41, 5.74) is 1.56. The van der Waals surface area contributed by atoms with E-state index < -0.39 is 9.84 Å². The fourth-order valence-electron chi connectivity index (χ4n) is 10.1. The number of aromatic nitrogens is 25. The lowest BCUT2D eigenvalue weighted by Gasteiger charge is -2.27. The van der Waals surface area contributed by atoms with E-state index in [1.807, 2.05) is 32.5 Å². The Kier molecular flexibility index (Phi) is 26.6. The lowest BCUT2D eigenvalue weighted by molar-refractivity contribution is 0.196. The molecular formula is C64H83FN30O3S2. The third-order valence-electron chi connectivity index (χ3n) is 16.1. The van der Waals surface area contributed by atoms with E-state index in [9.17, 15) is 12.8 Å². The molecule has 2 aliphatic heterocycles. The minimum atomic E-state index is -2.78. The maximum absolute atomic E-state index is 12.9. The average molecular weight is 1400 g/mol. The standard InChI is InChI=1S/C16H17FN6.C13H18N6.C12H16N6O2S.C12H16N6S.C11H16N6O/c1-12(18-10-7-13-3-5-14(17)6-4-13)15-21-11-22-23(15)16-19-8-2-9-20-16;1-10(16-8-13(2)4-5-13)11-17-9-18-19(11)12-14-6-3-7-15-12;1-9(15-5-10-6-21(19,20)7-10)11-16-8-17-18(11)12-13-3-2-4-14-12;1-9(15-5-10-6-19-7-10)11-16-8-17-18(11)12-13-3-2-4-14-12;1-9(12-6-7-18-2)10-15-8-16-17(10)11-13-4-3-5-14-11/h2-6,8-9,11-12,18H,7,10H2,1H3;3,6-7,9-10,16H,4-5,8H2,1-2H3;2-4,8-10,15H,5-7H2,1H3;2-4,8-10,15H,5-7H2,1H3;3-5,8-9,12H,6-7H2,1-2H3. The third kappa shape index (κ3) is 21.2. The first kappa shape index (κ1) is 73.0. The lowest BCUT2D eigenvalue weighted by atomic mass is 10.1. The number of sulfone groups is 1. The number of nitrogens with one attached hydrogen (secondary N) is 5. The smallest absolute Gasteiger partial charge is 0.252 e. The van der Waals surface area contributed by atoms with Gasteiger partial charge >= 0.3 is 0 Å². The first-order valence-electron chi connectivity index (χ1n) is 32.7. The van der Waals surface area contributed by atoms with Gasteiger partial charge in [0.2, 0.25) is 0 Å². The van der Waals surface area contributed by atoms with Crippen LogP contribution in [0.15, 0.2) is 148 Å². The van der Waals surface area contributed by atoms with Crippen LogP contribution in [-0.4, -0.2) is 202 Å². The molecule has 3 fully saturated rings. The van der Waals surface area contributed by atoms with E-state index in [0.29, 0.717) is 54.1 Å². The Hall–Kier alpha value is -9.69. The molecule has 14 rings (SSSR count). The fraction of sp³-hybridized carbons (Fsp3) is 0.438. The molecule has 100 heavy (non-hydrogen) atoms. The summed E-state index contributed by atoms with van der Waals surface area (Å²) in [5.74, 6) is 10.3. The Labute approximate surface area is 582 Å². The number of nitrogens with zero attached hydrogens (tertiary/aromatic N) is 25. The van der Waals surface area contributed by atoms with Gasteiger partial charge in [0.1, 0.15) is 37.5 Å². The molecule has 36 heteroatoms. The van der Waals surface area contributed by atoms with Crippen LogP contribution in [0.4, 0.5) is 4.39 Å². The van der Waals surface area contributed by atoms with Crippen molar-refractivity contribution in [2.24, 2.45) is 17.3 Å². The Morgan fingerprint density at radius 2 is 0.790 bits per heavy atom. The van der Waals surface area contributed by atoms with Crippen molar-refractivity contribution < 1.29 is 17.5 Å². The fourth-order valence-corrected chi connectivity index (χ4v) is 12.5. The maximum atomic E-state index is 12.9. The molecule has 12 heterocycles. The van der Waals surface area contributed by atoms with E-state index in [0.717, 1.165) is 67.4 Å². The molecule has 3 aliphatic rings. The van der Waals surface area contributed by atoms with E-state index in [2.05, 4.69) is 148 Å². The van der Waals surface area contributed by atoms with Crippen molar-refractivity contribution in [1.82, 2.24) is 150 Å². The Morgan fingerprint density at radius 1 is 0.470 bits per heavy atom. The number of rotatable bonds is 27. The van der Waals surface area contributed by atoms with Crippen LogP contribution in [0.25, 0.3) is 29.7 Å². The van der Waals surface area contributed by atoms with Crippen LogP contribution in [0.1, 0.15) is 119 Å². The van der Waals surface area contributed by atoms with Gasteiger partial charge in [0.15, 0.2) is 39.0 Å². The Morgan fingerprint density at radius 3 is 1.10 bits per heavy atom. The minimum absolute atomic E-state index is 0.0123. The number of thioether (sulfide) groups is 1. The number of benzene rings is 1. The zero-order valence-electron chi connectivity index (χ0n) is 56.7. The molecule has 33 nitrogen and oxygen atoms in total. The Balaban J connectivity index is 0.000000135. The van der Waals surface area contributed by atoms with Crippen molar-refractivity contribution in [3.05, 3.63) is 189 Å². The van der Waals surface area contributed by atoms with Crippen LogP contribution >= 0.6 is 11.8 Å². The molecule has 526 valence electrons. The molecule has 5 atom stereocenters. The molecule has 0 radical (unpaired) electrons. The molecular weight excluding hydrogens is 1320 g/mol. The molecule has 5 unspecified atom stereocenters. The summed E-state index contributed by atoms with van der Waals surface area (Å²) in [6.45, 7) is 17.3. The summed E-state index contributed by atoms with van der Waals surface area (Å²) in [6, 6.07) is 15.6. The predicted molar refractivity (Wildman–Crippen MR) is 369 cm³/mol. The second kappa shape index (κ2) is 36.4. The second-order valence-electron chi connectivity index (χ2n) is 24.1. The molecule has 0 amide bonds. The first-order valence-corrected chi connectivity index (χ1v) is 35.7. The topological polar surface area (TPSA) is 386 Å². The molecule has 10 aromatic heterocycles. The highest BCUT2D eigenvalue weighted by Gasteiger charge is 2.37. The van der Waals surface area contributed by atoms with E-state index >= 15 is 0 Å². The van der Waals surface area contributed by atoms with Gasteiger partial charge in [0, 0.05) is 95.3 Å². The number of ether oxygens (including phenoxy) is 1. The van der Waals surface area contributed by atoms with Gasteiger partial charge in [-0.3, -0.25) is 0 Å². The summed E-state index contributed by atoms with van der Waals surface area (Å²) in [5, 5.41) is 37.9. The van der Waals surface area contributed by atoms with Crippen molar-refractivity contribution in [3.8, 4) is 29.7 Å². The van der Waals surface area contributed by atoms with Crippen molar-refractivity contribution in [2.45, 2.75) is 91.0 Å². The molecule has 0 bridgehead atoms. The number of halogens is 1. The molecule has 5 N–H and O–H groups in total. The van der Waals surface area contributed by atoms with Crippen LogP contribution in [0.2, 0.25) is 0 Å². The van der Waals surface area contributed by atoms with Gasteiger partial charge < -0.3 is 31.3 Å². The summed E-state index contributed by atoms with van der Waals surface area (Å²) in [4.78, 5) is 63.2. The highest BCUT2D eigenvalue weighted by Crippen LogP contribution is 2.44. The van der Waals surface area contributed by atoms with Crippen molar-refractivity contribution >= 4 is 21.6 Å². The highest BCUT2D eigenvalue weighted by atomic mass is 32.2. The van der Waals surface area contributed by atoms with E-state index in [1.165, 1.54) is 55.5 Å². The summed E-state index contributed by atoms with van der Waals surface area (Å²) < 4.78 is 48.4. The van der Waals surface area contributed by atoms with Crippen molar-refractivity contribution in [1.29, 1.82) is 0 Å². The Bertz CT molecular complexity index is 4250. The zero-order chi connectivity index (χ0) is 70.1. The van der Waals surface area contributed by atoms with Crippen molar-refractivity contribution in [3.63, 3.8) is 0 Å². The van der Waals surface area contributed by atoms with Crippen LogP contribution in [0.5, 0.6) is 0 Å². The summed E-state index contributed by atoms with van der Waals surface area (Å²) in [6.07, 6.45) is 27.8. The summed E-state index contributed by atoms with van der Waals surface area (Å²) in [7, 11) is -1.10. The van der Waals surface area contributed by atoms with Gasteiger partial charge in [-0.2, -0.15) is 60.7 Å². The van der Waals surface area contributed by atoms with Gasteiger partial charge in [-0.25, -0.2) is 87.6 Å². The number of hydrogen-bond acceptors (Lipinski definition) is 29. The SMILES string of the molecule is CC(NCC1(C)CC1)c1ncnn1-c1ncccn1.CC(NCC1CS(=O)(=O)C1)c1ncnn1-c1ncccn1.CC(NCC1CSC1)c1ncnn1-c1ncccn1.CC(NCCc1ccc(F)cc1)c1ncnn1-c1ncccn1.COCCNC(C)c1ncnn1-c1ncccn1. The van der Waals surface area contributed by atoms with Gasteiger partial charge in [-0.15, -0.1) is 0 Å². The molecule has 1 saturated carbocycles. The maximum Gasteiger partial charge on any atom is 0.252 e. The highest BCUT2D eigenvalue weighted by molar-refractivity contribution is 8.00. The van der Waals surface area contributed by atoms with Gasteiger partial charge in [0.25, 0.3) is 29.7 Å². The largest absolute Gasteiger partial charge is 0.383 e. The van der Waals surface area contributed by atoms with E-state index in [-0.39, 0.29) is 53.5 Å². The number of hydrogen-bond donors (Lipinski definition) is 5. The summed E-state index contributed by atoms with van der Waals surface area (Å²) >= 11 is 2.00. The number of methoxy groups -OCH3 is 1. The van der Waals surface area contributed by atoms with Gasteiger partial charge in [0.05, 0.1) is 48.3 Å². The van der Waals surface area contributed by atoms with Crippen LogP contribution in [-0.2, 0) is 21.0 Å². The molecule has 2 saturated heterocycles. The molecule has 1 aliphatic carbocycles. The van der Waals surface area contributed by atoms with Gasteiger partial charge in [-0.1, -0.05) is 19.1 Å². The third-order valence-corrected chi connectivity index (χ3v) is 19.5. The van der Waals surface area contributed by atoms with Crippen LogP contribution in [0, 0.1) is 23.1 Å². The van der Waals surface area contributed by atoms with Crippen molar-refractivity contribution in [2.75, 3.05) is 69.5 Å². The second-order valence-corrected chi connectivity index (χ2v) is 27.4. The minimum Gasteiger partial charge on any atom is -0.383 e. The average Bonchev–Trinajstić information content (AvgIpc) is 1.43. The van der Waals surface area contributed by atoms with Gasteiger partial charge in [-0.05, 0) is 137 Å². The van der Waals surface area contributed by atoms with Crippen LogP contribution < -0.4 is 26.6 Å². The van der Waals surface area contributed by atoms with E-state index in [4.69, 9.17) is 4.74 Å².